The summed E-state index contributed by atoms with van der Waals surface area (Å²) < 4.78 is 15.8. The van der Waals surface area contributed by atoms with Crippen molar-refractivity contribution in [2.45, 2.75) is 6.92 Å². The molecule has 0 spiro atoms. The fourth-order valence-corrected chi connectivity index (χ4v) is 2.41. The molecule has 2 N–H and O–H groups in total. The van der Waals surface area contributed by atoms with E-state index in [0.717, 1.165) is 0 Å². The third kappa shape index (κ3) is 2.83. The van der Waals surface area contributed by atoms with Gasteiger partial charge < -0.3 is 19.2 Å². The molecule has 0 aliphatic carbocycles. The van der Waals surface area contributed by atoms with Gasteiger partial charge in [0.1, 0.15) is 5.69 Å². The summed E-state index contributed by atoms with van der Waals surface area (Å²) in [6.45, 7) is 1.78. The van der Waals surface area contributed by atoms with Crippen molar-refractivity contribution in [3.63, 3.8) is 0 Å². The summed E-state index contributed by atoms with van der Waals surface area (Å²) in [5.74, 6) is 1.36. The molecule has 2 heterocycles. The van der Waals surface area contributed by atoms with Crippen molar-refractivity contribution in [1.29, 1.82) is 0 Å². The quantitative estimate of drug-likeness (QED) is 0.751. The lowest BCUT2D eigenvalue weighted by Gasteiger charge is -2.10. The van der Waals surface area contributed by atoms with Crippen LogP contribution in [0.5, 0.6) is 11.5 Å². The van der Waals surface area contributed by atoms with Crippen LogP contribution in [0.3, 0.4) is 0 Å². The number of hydrogen-bond acceptors (Lipinski definition) is 5. The van der Waals surface area contributed by atoms with Crippen molar-refractivity contribution in [2.24, 2.45) is 0 Å². The Morgan fingerprint density at radius 2 is 2.00 bits per heavy atom. The van der Waals surface area contributed by atoms with E-state index in [1.54, 1.807) is 51.5 Å². The largest absolute Gasteiger partial charge is 0.493 e. The van der Waals surface area contributed by atoms with Gasteiger partial charge in [-0.3, -0.25) is 9.89 Å². The highest BCUT2D eigenvalue weighted by Crippen LogP contribution is 2.31. The standard InChI is InChI=1S/C17H17N3O4/c1-10-15(16(20-19-10)13-5-4-8-24-13)17(21)18-11-6-7-12(22-2)14(9-11)23-3/h4-9H,1-3H3,(H,18,21)(H,19,20). The predicted molar refractivity (Wildman–Crippen MR) is 88.5 cm³/mol. The molecule has 0 atom stereocenters. The van der Waals surface area contributed by atoms with Crippen LogP contribution in [-0.2, 0) is 0 Å². The molecule has 1 amide bonds. The number of nitrogens with zero attached hydrogens (tertiary/aromatic N) is 1. The predicted octanol–water partition coefficient (Wildman–Crippen LogP) is 3.25. The lowest BCUT2D eigenvalue weighted by molar-refractivity contribution is 0.102. The molecule has 0 fully saturated rings. The Morgan fingerprint density at radius 3 is 2.67 bits per heavy atom. The van der Waals surface area contributed by atoms with Gasteiger partial charge in [0.05, 0.1) is 26.0 Å². The Labute approximate surface area is 138 Å². The number of aryl methyl sites for hydroxylation is 1. The maximum Gasteiger partial charge on any atom is 0.259 e. The number of H-pyrrole nitrogens is 1. The summed E-state index contributed by atoms with van der Waals surface area (Å²) >= 11 is 0. The molecule has 7 heteroatoms. The zero-order chi connectivity index (χ0) is 17.1. The Kier molecular flexibility index (Phi) is 4.24. The number of aromatic nitrogens is 2. The van der Waals surface area contributed by atoms with Crippen LogP contribution >= 0.6 is 0 Å². The van der Waals surface area contributed by atoms with Gasteiger partial charge >= 0.3 is 0 Å². The van der Waals surface area contributed by atoms with Crippen LogP contribution < -0.4 is 14.8 Å². The Balaban J connectivity index is 1.90. The van der Waals surface area contributed by atoms with E-state index < -0.39 is 0 Å². The molecule has 24 heavy (non-hydrogen) atoms. The number of amides is 1. The van der Waals surface area contributed by atoms with Crippen LogP contribution in [0.25, 0.3) is 11.5 Å². The molecule has 0 bridgehead atoms. The first kappa shape index (κ1) is 15.7. The van der Waals surface area contributed by atoms with Crippen LogP contribution in [-0.4, -0.2) is 30.3 Å². The number of aromatic amines is 1. The Hall–Kier alpha value is -3.22. The monoisotopic (exact) mass is 327 g/mol. The maximum atomic E-state index is 12.7. The van der Waals surface area contributed by atoms with Crippen molar-refractivity contribution >= 4 is 11.6 Å². The number of benzene rings is 1. The summed E-state index contributed by atoms with van der Waals surface area (Å²) in [6, 6.07) is 8.65. The van der Waals surface area contributed by atoms with E-state index in [0.29, 0.717) is 39.9 Å². The molecule has 124 valence electrons. The number of ether oxygens (including phenoxy) is 2. The normalized spacial score (nSPS) is 10.5. The molecule has 3 aromatic rings. The first-order chi connectivity index (χ1) is 11.6. The van der Waals surface area contributed by atoms with E-state index in [1.165, 1.54) is 6.26 Å². The molecule has 0 aliphatic rings. The van der Waals surface area contributed by atoms with Gasteiger partial charge in [-0.2, -0.15) is 5.10 Å². The summed E-state index contributed by atoms with van der Waals surface area (Å²) in [7, 11) is 3.10. The number of carbonyl (C=O) groups is 1. The van der Waals surface area contributed by atoms with Crippen molar-refractivity contribution < 1.29 is 18.7 Å². The highest BCUT2D eigenvalue weighted by Gasteiger charge is 2.21. The molecule has 0 unspecified atom stereocenters. The van der Waals surface area contributed by atoms with Gasteiger partial charge in [0.25, 0.3) is 5.91 Å². The number of furan rings is 1. The minimum absolute atomic E-state index is 0.292. The highest BCUT2D eigenvalue weighted by atomic mass is 16.5. The van der Waals surface area contributed by atoms with Gasteiger partial charge in [-0.05, 0) is 31.2 Å². The van der Waals surface area contributed by atoms with Crippen molar-refractivity contribution in [3.8, 4) is 23.0 Å². The second-order valence-corrected chi connectivity index (χ2v) is 5.07. The average molecular weight is 327 g/mol. The van der Waals surface area contributed by atoms with Gasteiger partial charge in [0.2, 0.25) is 0 Å². The zero-order valence-corrected chi connectivity index (χ0v) is 13.5. The number of anilines is 1. The van der Waals surface area contributed by atoms with Crippen LogP contribution in [0.15, 0.2) is 41.0 Å². The summed E-state index contributed by atoms with van der Waals surface area (Å²) in [6.07, 6.45) is 1.54. The molecule has 0 radical (unpaired) electrons. The molecular weight excluding hydrogens is 310 g/mol. The number of rotatable bonds is 5. The fourth-order valence-electron chi connectivity index (χ4n) is 2.41. The molecule has 2 aromatic heterocycles. The third-order valence-corrected chi connectivity index (χ3v) is 3.57. The lowest BCUT2D eigenvalue weighted by atomic mass is 10.1. The second-order valence-electron chi connectivity index (χ2n) is 5.07. The Morgan fingerprint density at radius 1 is 1.21 bits per heavy atom. The number of hydrogen-bond donors (Lipinski definition) is 2. The van der Waals surface area contributed by atoms with E-state index >= 15 is 0 Å². The topological polar surface area (TPSA) is 89.4 Å². The lowest BCUT2D eigenvalue weighted by Crippen LogP contribution is -2.13. The number of nitrogens with one attached hydrogen (secondary N) is 2. The minimum Gasteiger partial charge on any atom is -0.493 e. The van der Waals surface area contributed by atoms with Crippen LogP contribution in [0, 0.1) is 6.92 Å². The molecule has 0 saturated heterocycles. The fraction of sp³-hybridized carbons (Fsp3) is 0.176. The van der Waals surface area contributed by atoms with Crippen LogP contribution in [0.1, 0.15) is 16.1 Å². The SMILES string of the molecule is COc1ccc(NC(=O)c2c(-c3ccco3)n[nH]c2C)cc1OC. The Bertz CT molecular complexity index is 853. The average Bonchev–Trinajstić information content (AvgIpc) is 3.23. The van der Waals surface area contributed by atoms with Gasteiger partial charge in [-0.25, -0.2) is 0 Å². The molecule has 3 rings (SSSR count). The smallest absolute Gasteiger partial charge is 0.259 e. The molecule has 0 saturated carbocycles. The second kappa shape index (κ2) is 6.49. The van der Waals surface area contributed by atoms with Gasteiger partial charge in [-0.15, -0.1) is 0 Å². The van der Waals surface area contributed by atoms with Gasteiger partial charge in [0, 0.05) is 17.4 Å². The van der Waals surface area contributed by atoms with Gasteiger partial charge in [-0.1, -0.05) is 0 Å². The maximum absolute atomic E-state index is 12.7. The van der Waals surface area contributed by atoms with Crippen LogP contribution in [0.2, 0.25) is 0 Å². The third-order valence-electron chi connectivity index (χ3n) is 3.57. The number of carbonyl (C=O) groups excluding carboxylic acids is 1. The van der Waals surface area contributed by atoms with E-state index in [9.17, 15) is 4.79 Å². The van der Waals surface area contributed by atoms with E-state index in [2.05, 4.69) is 15.5 Å². The van der Waals surface area contributed by atoms with E-state index in [-0.39, 0.29) is 5.91 Å². The molecule has 7 nitrogen and oxygen atoms in total. The van der Waals surface area contributed by atoms with Gasteiger partial charge in [0.15, 0.2) is 17.3 Å². The van der Waals surface area contributed by atoms with Crippen molar-refractivity contribution in [2.75, 3.05) is 19.5 Å². The summed E-state index contributed by atoms with van der Waals surface area (Å²) in [4.78, 5) is 12.7. The van der Waals surface area contributed by atoms with E-state index in [1.807, 2.05) is 0 Å². The number of methoxy groups -OCH3 is 2. The molecule has 1 aromatic carbocycles. The molecular formula is C17H17N3O4. The molecule has 0 aliphatic heterocycles. The van der Waals surface area contributed by atoms with Crippen molar-refractivity contribution in [1.82, 2.24) is 10.2 Å². The van der Waals surface area contributed by atoms with Crippen molar-refractivity contribution in [3.05, 3.63) is 47.9 Å². The first-order valence-electron chi connectivity index (χ1n) is 7.26. The highest BCUT2D eigenvalue weighted by molar-refractivity contribution is 6.08. The summed E-state index contributed by atoms with van der Waals surface area (Å²) in [5.41, 5.74) is 2.14. The first-order valence-corrected chi connectivity index (χ1v) is 7.26. The summed E-state index contributed by atoms with van der Waals surface area (Å²) in [5, 5.41) is 9.81. The minimum atomic E-state index is -0.292. The zero-order valence-electron chi connectivity index (χ0n) is 13.5. The van der Waals surface area contributed by atoms with E-state index in [4.69, 9.17) is 13.9 Å². The van der Waals surface area contributed by atoms with Crippen LogP contribution in [0.4, 0.5) is 5.69 Å².